The lowest BCUT2D eigenvalue weighted by molar-refractivity contribution is 0.0527. The Balaban J connectivity index is 2.12. The highest BCUT2D eigenvalue weighted by Crippen LogP contribution is 2.20. The van der Waals surface area contributed by atoms with Crippen molar-refractivity contribution in [2.45, 2.75) is 13.8 Å². The van der Waals surface area contributed by atoms with Gasteiger partial charge in [0.15, 0.2) is 5.82 Å². The van der Waals surface area contributed by atoms with Gasteiger partial charge in [0.25, 0.3) is 0 Å². The van der Waals surface area contributed by atoms with Crippen molar-refractivity contribution in [1.82, 2.24) is 19.7 Å². The summed E-state index contributed by atoms with van der Waals surface area (Å²) < 4.78 is 6.35. The van der Waals surface area contributed by atoms with Crippen LogP contribution in [0.5, 0.6) is 0 Å². The van der Waals surface area contributed by atoms with Gasteiger partial charge in [0.1, 0.15) is 11.4 Å². The minimum atomic E-state index is -0.502. The molecule has 0 aliphatic carbocycles. The molecular weight excluding hydrogens is 282 g/mol. The van der Waals surface area contributed by atoms with E-state index >= 15 is 0 Å². The molecule has 112 valence electrons. The molecule has 0 radical (unpaired) electrons. The van der Waals surface area contributed by atoms with Crippen LogP contribution in [0.3, 0.4) is 0 Å². The zero-order valence-electron chi connectivity index (χ0n) is 12.3. The van der Waals surface area contributed by atoms with E-state index in [9.17, 15) is 4.79 Å². The number of carbonyl (C=O) groups is 1. The van der Waals surface area contributed by atoms with Crippen LogP contribution >= 0.6 is 0 Å². The fourth-order valence-corrected chi connectivity index (χ4v) is 2.17. The van der Waals surface area contributed by atoms with Crippen LogP contribution in [0.25, 0.3) is 16.9 Å². The maximum absolute atomic E-state index is 11.8. The molecule has 0 saturated heterocycles. The number of fused-ring (bicyclic) bond motifs is 1. The molecule has 2 aromatic heterocycles. The predicted octanol–water partition coefficient (Wildman–Crippen LogP) is 1.88. The van der Waals surface area contributed by atoms with E-state index in [-0.39, 0.29) is 18.0 Å². The molecule has 0 spiro atoms. The second kappa shape index (κ2) is 5.44. The van der Waals surface area contributed by atoms with Crippen molar-refractivity contribution in [3.05, 3.63) is 41.7 Å². The highest BCUT2D eigenvalue weighted by atomic mass is 16.5. The van der Waals surface area contributed by atoms with E-state index in [4.69, 9.17) is 10.5 Å². The number of ether oxygens (including phenoxy) is 1. The second-order valence-electron chi connectivity index (χ2n) is 4.70. The summed E-state index contributed by atoms with van der Waals surface area (Å²) in [5.74, 6) is 0.176. The molecule has 7 nitrogen and oxygen atoms in total. The highest BCUT2D eigenvalue weighted by molar-refractivity contribution is 5.94. The summed E-state index contributed by atoms with van der Waals surface area (Å²) >= 11 is 0. The number of nitrogens with zero attached hydrogens (tertiary/aromatic N) is 4. The Labute approximate surface area is 126 Å². The molecule has 0 aliphatic rings. The Morgan fingerprint density at radius 3 is 2.64 bits per heavy atom. The number of esters is 1. The summed E-state index contributed by atoms with van der Waals surface area (Å²) in [6.45, 7) is 3.83. The fraction of sp³-hybridized carbons (Fsp3) is 0.200. The first-order chi connectivity index (χ1) is 10.6. The van der Waals surface area contributed by atoms with E-state index in [0.717, 1.165) is 11.0 Å². The maximum Gasteiger partial charge on any atom is 0.343 e. The maximum atomic E-state index is 11.8. The summed E-state index contributed by atoms with van der Waals surface area (Å²) in [7, 11) is 0. The third kappa shape index (κ3) is 2.26. The van der Waals surface area contributed by atoms with Crippen LogP contribution in [-0.2, 0) is 4.74 Å². The summed E-state index contributed by atoms with van der Waals surface area (Å²) in [5, 5.41) is 4.15. The first-order valence-electron chi connectivity index (χ1n) is 6.86. The number of benzene rings is 1. The fourth-order valence-electron chi connectivity index (χ4n) is 2.17. The predicted molar refractivity (Wildman–Crippen MR) is 81.8 cm³/mol. The number of nitrogens with two attached hydrogens (primary N) is 1. The quantitative estimate of drug-likeness (QED) is 0.741. The average Bonchev–Trinajstić information content (AvgIpc) is 2.88. The van der Waals surface area contributed by atoms with Gasteiger partial charge in [0.05, 0.1) is 29.5 Å². The van der Waals surface area contributed by atoms with Crippen molar-refractivity contribution < 1.29 is 9.53 Å². The molecule has 0 atom stereocenters. The van der Waals surface area contributed by atoms with Gasteiger partial charge in [-0.15, -0.1) is 0 Å². The third-order valence-corrected chi connectivity index (χ3v) is 3.22. The Morgan fingerprint density at radius 1 is 1.27 bits per heavy atom. The number of rotatable bonds is 3. The molecule has 3 aromatic rings. The van der Waals surface area contributed by atoms with Crippen molar-refractivity contribution in [2.24, 2.45) is 0 Å². The Morgan fingerprint density at radius 2 is 1.95 bits per heavy atom. The van der Waals surface area contributed by atoms with Crippen LogP contribution in [0, 0.1) is 6.92 Å². The number of nitrogen functional groups attached to an aromatic ring is 1. The van der Waals surface area contributed by atoms with Gasteiger partial charge < -0.3 is 10.5 Å². The largest absolute Gasteiger partial charge is 0.462 e. The van der Waals surface area contributed by atoms with Gasteiger partial charge in [-0.25, -0.2) is 14.8 Å². The van der Waals surface area contributed by atoms with Crippen LogP contribution in [0.2, 0.25) is 0 Å². The molecule has 0 fully saturated rings. The lowest BCUT2D eigenvalue weighted by Gasteiger charge is -2.08. The number of anilines is 1. The van der Waals surface area contributed by atoms with Gasteiger partial charge in [-0.3, -0.25) is 0 Å². The van der Waals surface area contributed by atoms with Crippen molar-refractivity contribution in [3.63, 3.8) is 0 Å². The average molecular weight is 297 g/mol. The topological polar surface area (TPSA) is 95.9 Å². The SMILES string of the molecule is CCOC(=O)c1cnn(-c2nc3ccccc3nc2C)c1N. The Hall–Kier alpha value is -2.96. The first kappa shape index (κ1) is 14.0. The summed E-state index contributed by atoms with van der Waals surface area (Å²) in [5.41, 5.74) is 8.42. The zero-order chi connectivity index (χ0) is 15.7. The molecule has 0 unspecified atom stereocenters. The van der Waals surface area contributed by atoms with E-state index in [0.29, 0.717) is 11.5 Å². The van der Waals surface area contributed by atoms with Crippen LogP contribution < -0.4 is 5.73 Å². The minimum Gasteiger partial charge on any atom is -0.462 e. The standard InChI is InChI=1S/C15H15N5O2/c1-3-22-15(21)10-8-17-20(13(10)16)14-9(2)18-11-6-4-5-7-12(11)19-14/h4-8H,3,16H2,1-2H3. The van der Waals surface area contributed by atoms with E-state index < -0.39 is 5.97 Å². The third-order valence-electron chi connectivity index (χ3n) is 3.22. The van der Waals surface area contributed by atoms with Gasteiger partial charge in [0, 0.05) is 0 Å². The van der Waals surface area contributed by atoms with Crippen molar-refractivity contribution in [1.29, 1.82) is 0 Å². The summed E-state index contributed by atoms with van der Waals surface area (Å²) in [6.07, 6.45) is 1.38. The van der Waals surface area contributed by atoms with E-state index in [1.165, 1.54) is 10.9 Å². The molecular formula is C15H15N5O2. The van der Waals surface area contributed by atoms with Crippen LogP contribution in [0.4, 0.5) is 5.82 Å². The Bertz CT molecular complexity index is 856. The van der Waals surface area contributed by atoms with E-state index in [1.54, 1.807) is 6.92 Å². The van der Waals surface area contributed by atoms with Gasteiger partial charge >= 0.3 is 5.97 Å². The number of hydrogen-bond acceptors (Lipinski definition) is 6. The number of carbonyl (C=O) groups excluding carboxylic acids is 1. The number of para-hydroxylation sites is 2. The monoisotopic (exact) mass is 297 g/mol. The number of hydrogen-bond donors (Lipinski definition) is 1. The summed E-state index contributed by atoms with van der Waals surface area (Å²) in [6, 6.07) is 7.52. The van der Waals surface area contributed by atoms with E-state index in [2.05, 4.69) is 15.1 Å². The Kier molecular flexibility index (Phi) is 3.46. The van der Waals surface area contributed by atoms with E-state index in [1.807, 2.05) is 31.2 Å². The molecule has 0 amide bonds. The zero-order valence-corrected chi connectivity index (χ0v) is 12.3. The van der Waals surface area contributed by atoms with Gasteiger partial charge in [-0.2, -0.15) is 9.78 Å². The first-order valence-corrected chi connectivity index (χ1v) is 6.86. The van der Waals surface area contributed by atoms with Gasteiger partial charge in [-0.1, -0.05) is 12.1 Å². The number of aromatic nitrogens is 4. The highest BCUT2D eigenvalue weighted by Gasteiger charge is 2.19. The molecule has 1 aromatic carbocycles. The van der Waals surface area contributed by atoms with Gasteiger partial charge in [0.2, 0.25) is 0 Å². The van der Waals surface area contributed by atoms with Crippen molar-refractivity contribution in [3.8, 4) is 5.82 Å². The van der Waals surface area contributed by atoms with Crippen LogP contribution in [0.1, 0.15) is 23.0 Å². The van der Waals surface area contributed by atoms with Crippen LogP contribution in [-0.4, -0.2) is 32.3 Å². The minimum absolute atomic E-state index is 0.186. The molecule has 0 saturated carbocycles. The molecule has 3 rings (SSSR count). The second-order valence-corrected chi connectivity index (χ2v) is 4.70. The van der Waals surface area contributed by atoms with Gasteiger partial charge in [-0.05, 0) is 26.0 Å². The van der Waals surface area contributed by atoms with Crippen molar-refractivity contribution >= 4 is 22.8 Å². The molecule has 0 aliphatic heterocycles. The smallest absolute Gasteiger partial charge is 0.343 e. The molecule has 2 N–H and O–H groups in total. The lowest BCUT2D eigenvalue weighted by Crippen LogP contribution is -2.11. The molecule has 2 heterocycles. The molecule has 0 bridgehead atoms. The summed E-state index contributed by atoms with van der Waals surface area (Å²) in [4.78, 5) is 20.8. The molecule has 7 heteroatoms. The lowest BCUT2D eigenvalue weighted by atomic mass is 10.3. The molecule has 22 heavy (non-hydrogen) atoms. The van der Waals surface area contributed by atoms with Crippen molar-refractivity contribution in [2.75, 3.05) is 12.3 Å². The normalized spacial score (nSPS) is 10.8. The number of aryl methyl sites for hydroxylation is 1. The van der Waals surface area contributed by atoms with Crippen LogP contribution in [0.15, 0.2) is 30.5 Å².